The van der Waals surface area contributed by atoms with E-state index in [0.717, 1.165) is 39.8 Å². The van der Waals surface area contributed by atoms with E-state index < -0.39 is 0 Å². The molecule has 3 aromatic rings. The monoisotopic (exact) mass is 397 g/mol. The summed E-state index contributed by atoms with van der Waals surface area (Å²) in [6, 6.07) is 11.7. The molecule has 3 heterocycles. The van der Waals surface area contributed by atoms with Crippen LogP contribution in [0.25, 0.3) is 9.88 Å². The Labute approximate surface area is 165 Å². The van der Waals surface area contributed by atoms with E-state index in [1.165, 1.54) is 11.3 Å². The van der Waals surface area contributed by atoms with Gasteiger partial charge >= 0.3 is 0 Å². The van der Waals surface area contributed by atoms with Crippen LogP contribution in [0.5, 0.6) is 0 Å². The lowest BCUT2D eigenvalue weighted by atomic mass is 10.2. The highest BCUT2D eigenvalue weighted by Crippen LogP contribution is 2.31. The number of nitrogens with one attached hydrogen (secondary N) is 1. The average molecular weight is 398 g/mol. The number of carbonyl (C=O) groups is 2. The molecule has 1 N–H and O–H groups in total. The largest absolute Gasteiger partial charge is 0.338 e. The van der Waals surface area contributed by atoms with Crippen molar-refractivity contribution < 1.29 is 9.59 Å². The van der Waals surface area contributed by atoms with E-state index in [1.54, 1.807) is 11.3 Å². The maximum absolute atomic E-state index is 12.7. The van der Waals surface area contributed by atoms with Crippen LogP contribution in [-0.4, -0.2) is 28.2 Å². The molecule has 0 spiro atoms. The first-order chi connectivity index (χ1) is 13.1. The standard InChI is InChI=1S/C20H19N3O2S2/c1-13-18(27-20(21-13)16-7-4-10-26-16)19(25)22-15-6-2-5-14(11-15)12-23-9-3-8-17(23)24/h2,4-7,10-11H,3,8-9,12H2,1H3,(H,22,25). The number of amides is 2. The van der Waals surface area contributed by atoms with Crippen LogP contribution in [-0.2, 0) is 11.3 Å². The average Bonchev–Trinajstić information content (AvgIpc) is 3.37. The lowest BCUT2D eigenvalue weighted by molar-refractivity contribution is -0.128. The van der Waals surface area contributed by atoms with Gasteiger partial charge in [-0.05, 0) is 42.5 Å². The summed E-state index contributed by atoms with van der Waals surface area (Å²) in [7, 11) is 0. The summed E-state index contributed by atoms with van der Waals surface area (Å²) in [6.07, 6.45) is 1.56. The Kier molecular flexibility index (Phi) is 5.05. The Morgan fingerprint density at radius 1 is 1.30 bits per heavy atom. The second-order valence-electron chi connectivity index (χ2n) is 6.48. The van der Waals surface area contributed by atoms with Gasteiger partial charge in [-0.15, -0.1) is 22.7 Å². The Hall–Kier alpha value is -2.51. The van der Waals surface area contributed by atoms with E-state index in [9.17, 15) is 9.59 Å². The van der Waals surface area contributed by atoms with E-state index in [-0.39, 0.29) is 11.8 Å². The molecule has 0 unspecified atom stereocenters. The van der Waals surface area contributed by atoms with Gasteiger partial charge in [-0.1, -0.05) is 18.2 Å². The van der Waals surface area contributed by atoms with Gasteiger partial charge in [0.15, 0.2) is 0 Å². The molecule has 5 nitrogen and oxygen atoms in total. The summed E-state index contributed by atoms with van der Waals surface area (Å²) in [4.78, 5) is 32.6. The maximum Gasteiger partial charge on any atom is 0.267 e. The van der Waals surface area contributed by atoms with Crippen molar-refractivity contribution in [3.63, 3.8) is 0 Å². The molecule has 1 aliphatic heterocycles. The third kappa shape index (κ3) is 3.94. The molecule has 0 saturated carbocycles. The van der Waals surface area contributed by atoms with Gasteiger partial charge in [0.05, 0.1) is 10.6 Å². The van der Waals surface area contributed by atoms with Crippen molar-refractivity contribution in [2.45, 2.75) is 26.3 Å². The minimum absolute atomic E-state index is 0.151. The van der Waals surface area contributed by atoms with E-state index in [1.807, 2.05) is 53.6 Å². The number of likely N-dealkylation sites (tertiary alicyclic amines) is 1. The molecule has 2 aromatic heterocycles. The highest BCUT2D eigenvalue weighted by Gasteiger charge is 2.20. The number of anilines is 1. The molecule has 0 atom stereocenters. The number of thiazole rings is 1. The van der Waals surface area contributed by atoms with Crippen LogP contribution < -0.4 is 5.32 Å². The highest BCUT2D eigenvalue weighted by atomic mass is 32.1. The number of aryl methyl sites for hydroxylation is 1. The SMILES string of the molecule is Cc1nc(-c2cccs2)sc1C(=O)Nc1cccc(CN2CCCC2=O)c1. The van der Waals surface area contributed by atoms with Gasteiger partial charge in [-0.25, -0.2) is 4.98 Å². The number of hydrogen-bond donors (Lipinski definition) is 1. The summed E-state index contributed by atoms with van der Waals surface area (Å²) < 4.78 is 0. The second kappa shape index (κ2) is 7.62. The Morgan fingerprint density at radius 2 is 2.19 bits per heavy atom. The van der Waals surface area contributed by atoms with Crippen molar-refractivity contribution in [3.8, 4) is 9.88 Å². The molecular formula is C20H19N3O2S2. The Morgan fingerprint density at radius 3 is 2.93 bits per heavy atom. The predicted octanol–water partition coefficient (Wildman–Crippen LogP) is 4.55. The lowest BCUT2D eigenvalue weighted by Gasteiger charge is -2.16. The molecule has 1 fully saturated rings. The van der Waals surface area contributed by atoms with Gasteiger partial charge in [0.25, 0.3) is 5.91 Å². The number of nitrogens with zero attached hydrogens (tertiary/aromatic N) is 2. The number of carbonyl (C=O) groups excluding carboxylic acids is 2. The molecule has 0 radical (unpaired) electrons. The van der Waals surface area contributed by atoms with Crippen molar-refractivity contribution in [2.24, 2.45) is 0 Å². The third-order valence-corrected chi connectivity index (χ3v) is 6.66. The molecule has 1 aromatic carbocycles. The molecule has 2 amide bonds. The molecule has 138 valence electrons. The number of hydrogen-bond acceptors (Lipinski definition) is 5. The first-order valence-corrected chi connectivity index (χ1v) is 10.5. The van der Waals surface area contributed by atoms with Crippen LogP contribution in [0.4, 0.5) is 5.69 Å². The number of thiophene rings is 1. The number of aromatic nitrogens is 1. The van der Waals surface area contributed by atoms with E-state index in [2.05, 4.69) is 10.3 Å². The summed E-state index contributed by atoms with van der Waals surface area (Å²) >= 11 is 3.02. The molecular weight excluding hydrogens is 378 g/mol. The third-order valence-electron chi connectivity index (χ3n) is 4.46. The Bertz CT molecular complexity index is 979. The molecule has 27 heavy (non-hydrogen) atoms. The summed E-state index contributed by atoms with van der Waals surface area (Å²) in [5, 5.41) is 5.84. The molecule has 4 rings (SSSR count). The van der Waals surface area contributed by atoms with E-state index >= 15 is 0 Å². The fourth-order valence-electron chi connectivity index (χ4n) is 3.14. The van der Waals surface area contributed by atoms with Gasteiger partial charge in [0, 0.05) is 25.2 Å². The second-order valence-corrected chi connectivity index (χ2v) is 8.43. The maximum atomic E-state index is 12.7. The van der Waals surface area contributed by atoms with Gasteiger partial charge in [0.2, 0.25) is 5.91 Å². The Balaban J connectivity index is 1.48. The van der Waals surface area contributed by atoms with Crippen LogP contribution in [0.15, 0.2) is 41.8 Å². The summed E-state index contributed by atoms with van der Waals surface area (Å²) in [5.74, 6) is 0.0491. The van der Waals surface area contributed by atoms with Gasteiger partial charge < -0.3 is 10.2 Å². The minimum atomic E-state index is -0.151. The van der Waals surface area contributed by atoms with Crippen molar-refractivity contribution in [2.75, 3.05) is 11.9 Å². The topological polar surface area (TPSA) is 62.3 Å². The van der Waals surface area contributed by atoms with Crippen LogP contribution in [0, 0.1) is 6.92 Å². The normalized spacial score (nSPS) is 14.0. The predicted molar refractivity (Wildman–Crippen MR) is 109 cm³/mol. The van der Waals surface area contributed by atoms with E-state index in [4.69, 9.17) is 0 Å². The zero-order chi connectivity index (χ0) is 18.8. The van der Waals surface area contributed by atoms with Gasteiger partial charge in [-0.2, -0.15) is 0 Å². The van der Waals surface area contributed by atoms with E-state index in [0.29, 0.717) is 17.8 Å². The van der Waals surface area contributed by atoms with Crippen molar-refractivity contribution in [1.82, 2.24) is 9.88 Å². The number of benzene rings is 1. The first kappa shape index (κ1) is 17.9. The lowest BCUT2D eigenvalue weighted by Crippen LogP contribution is -2.23. The smallest absolute Gasteiger partial charge is 0.267 e. The molecule has 0 bridgehead atoms. The van der Waals surface area contributed by atoms with Crippen LogP contribution in [0.1, 0.15) is 33.8 Å². The molecule has 7 heteroatoms. The zero-order valence-corrected chi connectivity index (χ0v) is 16.5. The van der Waals surface area contributed by atoms with Gasteiger partial charge in [-0.3, -0.25) is 9.59 Å². The van der Waals surface area contributed by atoms with Gasteiger partial charge in [0.1, 0.15) is 9.88 Å². The first-order valence-electron chi connectivity index (χ1n) is 8.79. The fraction of sp³-hybridized carbons (Fsp3) is 0.250. The van der Waals surface area contributed by atoms with Crippen molar-refractivity contribution in [1.29, 1.82) is 0 Å². The van der Waals surface area contributed by atoms with Crippen molar-refractivity contribution in [3.05, 3.63) is 57.9 Å². The molecule has 1 saturated heterocycles. The summed E-state index contributed by atoms with van der Waals surface area (Å²) in [5.41, 5.74) is 2.48. The zero-order valence-electron chi connectivity index (χ0n) is 14.9. The van der Waals surface area contributed by atoms with Crippen molar-refractivity contribution >= 4 is 40.2 Å². The van der Waals surface area contributed by atoms with Crippen LogP contribution >= 0.6 is 22.7 Å². The highest BCUT2D eigenvalue weighted by molar-refractivity contribution is 7.22. The van der Waals surface area contributed by atoms with Crippen LogP contribution in [0.2, 0.25) is 0 Å². The fourth-order valence-corrected chi connectivity index (χ4v) is 4.90. The summed E-state index contributed by atoms with van der Waals surface area (Å²) in [6.45, 7) is 3.25. The molecule has 1 aliphatic rings. The quantitative estimate of drug-likeness (QED) is 0.687. The number of rotatable bonds is 5. The molecule has 0 aliphatic carbocycles. The minimum Gasteiger partial charge on any atom is -0.338 e. The van der Waals surface area contributed by atoms with Crippen LogP contribution in [0.3, 0.4) is 0 Å².